The largest absolute Gasteiger partial charge is 0.755 e. The molecule has 0 saturated carbocycles. The van der Waals surface area contributed by atoms with Gasteiger partial charge in [-0.05, 0) is 48.5 Å². The maximum absolute atomic E-state index is 11.7. The van der Waals surface area contributed by atoms with E-state index in [-0.39, 0.29) is 11.3 Å². The summed E-state index contributed by atoms with van der Waals surface area (Å²) in [7, 11) is 0. The quantitative estimate of drug-likeness (QED) is 0.625. The molecule has 0 bridgehead atoms. The predicted octanol–water partition coefficient (Wildman–Crippen LogP) is 3.81. The second-order valence-electron chi connectivity index (χ2n) is 5.43. The Morgan fingerprint density at radius 3 is 2.07 bits per heavy atom. The lowest BCUT2D eigenvalue weighted by Gasteiger charge is -2.26. The number of aromatic hydroxyl groups is 1. The number of hydrogen-bond acceptors (Lipinski definition) is 5. The average Bonchev–Trinajstić information content (AvgIpc) is 2.64. The number of anilines is 2. The smallest absolute Gasteiger partial charge is 0.339 e. The van der Waals surface area contributed by atoms with Crippen LogP contribution >= 0.6 is 0 Å². The SMILES string of the molecule is O=C(O)c1ccc(N(c2ccc(Oc3ccccc3)cc2)S(=O)[O-])cc1O. The van der Waals surface area contributed by atoms with Crippen molar-refractivity contribution >= 4 is 28.6 Å². The molecule has 0 fully saturated rings. The first-order valence-electron chi connectivity index (χ1n) is 7.74. The van der Waals surface area contributed by atoms with E-state index in [1.54, 1.807) is 24.3 Å². The van der Waals surface area contributed by atoms with Gasteiger partial charge in [-0.2, -0.15) is 0 Å². The Labute approximate surface area is 157 Å². The number of carboxylic acid groups (broad SMARTS) is 1. The Hall–Kier alpha value is -3.36. The van der Waals surface area contributed by atoms with Gasteiger partial charge < -0.3 is 19.5 Å². The average molecular weight is 384 g/mol. The van der Waals surface area contributed by atoms with Gasteiger partial charge in [-0.1, -0.05) is 18.2 Å². The van der Waals surface area contributed by atoms with Crippen LogP contribution in [0.4, 0.5) is 11.4 Å². The zero-order chi connectivity index (χ0) is 19.4. The first kappa shape index (κ1) is 18.4. The summed E-state index contributed by atoms with van der Waals surface area (Å²) in [5.74, 6) is -0.676. The van der Waals surface area contributed by atoms with Crippen LogP contribution in [-0.4, -0.2) is 24.9 Å². The van der Waals surface area contributed by atoms with Gasteiger partial charge in [0.2, 0.25) is 0 Å². The minimum absolute atomic E-state index is 0.0996. The van der Waals surface area contributed by atoms with Crippen molar-refractivity contribution in [1.82, 2.24) is 0 Å². The number of carboxylic acids is 1. The normalized spacial score (nSPS) is 11.6. The fourth-order valence-electron chi connectivity index (χ4n) is 2.42. The van der Waals surface area contributed by atoms with E-state index in [9.17, 15) is 18.7 Å². The molecule has 2 N–H and O–H groups in total. The molecule has 0 aromatic heterocycles. The molecule has 0 amide bonds. The van der Waals surface area contributed by atoms with Gasteiger partial charge in [-0.3, -0.25) is 8.51 Å². The molecule has 0 radical (unpaired) electrons. The Morgan fingerprint density at radius 2 is 1.52 bits per heavy atom. The molecule has 27 heavy (non-hydrogen) atoms. The summed E-state index contributed by atoms with van der Waals surface area (Å²) >= 11 is -2.69. The number of para-hydroxylation sites is 1. The molecular weight excluding hydrogens is 370 g/mol. The lowest BCUT2D eigenvalue weighted by molar-refractivity contribution is 0.0694. The topological polar surface area (TPSA) is 110 Å². The first-order chi connectivity index (χ1) is 13.0. The number of nitrogens with zero attached hydrogens (tertiary/aromatic N) is 1. The number of benzene rings is 3. The molecule has 3 aromatic rings. The number of ether oxygens (including phenoxy) is 1. The molecule has 7 nitrogen and oxygen atoms in total. The predicted molar refractivity (Wildman–Crippen MR) is 99.1 cm³/mol. The molecule has 0 saturated heterocycles. The first-order valence-corrected chi connectivity index (χ1v) is 8.77. The van der Waals surface area contributed by atoms with Gasteiger partial charge in [0.05, 0.1) is 22.6 Å². The van der Waals surface area contributed by atoms with Crippen LogP contribution in [0.25, 0.3) is 0 Å². The fourth-order valence-corrected chi connectivity index (χ4v) is 3.00. The van der Waals surface area contributed by atoms with Crippen LogP contribution in [0.2, 0.25) is 0 Å². The molecule has 0 aliphatic heterocycles. The van der Waals surface area contributed by atoms with Gasteiger partial charge in [0.25, 0.3) is 0 Å². The number of carbonyl (C=O) groups is 1. The van der Waals surface area contributed by atoms with Crippen molar-refractivity contribution in [1.29, 1.82) is 0 Å². The minimum Gasteiger partial charge on any atom is -0.755 e. The Balaban J connectivity index is 1.88. The van der Waals surface area contributed by atoms with E-state index in [0.717, 1.165) is 16.4 Å². The minimum atomic E-state index is -2.69. The van der Waals surface area contributed by atoms with Crippen LogP contribution in [0.3, 0.4) is 0 Å². The molecule has 8 heteroatoms. The molecule has 138 valence electrons. The fraction of sp³-hybridized carbons (Fsp3) is 0. The Bertz CT molecular complexity index is 975. The van der Waals surface area contributed by atoms with Gasteiger partial charge in [0.1, 0.15) is 22.8 Å². The maximum atomic E-state index is 11.7. The van der Waals surface area contributed by atoms with Crippen LogP contribution in [0, 0.1) is 0 Å². The Kier molecular flexibility index (Phi) is 5.39. The highest BCUT2D eigenvalue weighted by Crippen LogP contribution is 2.32. The van der Waals surface area contributed by atoms with Crippen LogP contribution < -0.4 is 9.04 Å². The summed E-state index contributed by atoms with van der Waals surface area (Å²) in [6.45, 7) is 0. The highest BCUT2D eigenvalue weighted by Gasteiger charge is 2.15. The van der Waals surface area contributed by atoms with Gasteiger partial charge >= 0.3 is 5.97 Å². The summed E-state index contributed by atoms with van der Waals surface area (Å²) in [6.07, 6.45) is 0. The van der Waals surface area contributed by atoms with E-state index >= 15 is 0 Å². The highest BCUT2D eigenvalue weighted by atomic mass is 32.2. The van der Waals surface area contributed by atoms with Gasteiger partial charge in [-0.15, -0.1) is 0 Å². The summed E-state index contributed by atoms with van der Waals surface area (Å²) in [5.41, 5.74) is 0.0794. The molecular formula is C19H14NO6S-. The van der Waals surface area contributed by atoms with E-state index in [2.05, 4.69) is 0 Å². The van der Waals surface area contributed by atoms with Crippen molar-refractivity contribution < 1.29 is 28.5 Å². The van der Waals surface area contributed by atoms with Crippen molar-refractivity contribution in [2.45, 2.75) is 0 Å². The van der Waals surface area contributed by atoms with Crippen molar-refractivity contribution in [3.8, 4) is 17.2 Å². The second kappa shape index (κ2) is 7.90. The third-order valence-corrected chi connectivity index (χ3v) is 4.37. The zero-order valence-corrected chi connectivity index (χ0v) is 14.6. The van der Waals surface area contributed by atoms with Crippen LogP contribution in [0.1, 0.15) is 10.4 Å². The molecule has 0 aliphatic rings. The van der Waals surface area contributed by atoms with E-state index in [1.165, 1.54) is 18.2 Å². The number of phenols is 1. The molecule has 1 atom stereocenters. The monoisotopic (exact) mass is 384 g/mol. The highest BCUT2D eigenvalue weighted by molar-refractivity contribution is 7.81. The van der Waals surface area contributed by atoms with E-state index in [0.29, 0.717) is 17.2 Å². The summed E-state index contributed by atoms with van der Waals surface area (Å²) in [6, 6.07) is 18.9. The van der Waals surface area contributed by atoms with Crippen molar-refractivity contribution in [2.24, 2.45) is 0 Å². The van der Waals surface area contributed by atoms with E-state index in [4.69, 9.17) is 9.84 Å². The van der Waals surface area contributed by atoms with Crippen LogP contribution in [0.5, 0.6) is 17.2 Å². The van der Waals surface area contributed by atoms with Crippen LogP contribution in [0.15, 0.2) is 72.8 Å². The standard InChI is InChI=1S/C19H15NO6S/c21-18-12-14(8-11-17(18)19(22)23)20(27(24)25)13-6-9-16(10-7-13)26-15-4-2-1-3-5-15/h1-12,21H,(H,22,23)(H,24,25)/p-1. The third-order valence-electron chi connectivity index (χ3n) is 3.65. The Morgan fingerprint density at radius 1 is 0.926 bits per heavy atom. The van der Waals surface area contributed by atoms with Crippen LogP contribution in [-0.2, 0) is 11.3 Å². The summed E-state index contributed by atoms with van der Waals surface area (Å²) < 4.78 is 30.0. The molecule has 1 unspecified atom stereocenters. The molecule has 0 heterocycles. The van der Waals surface area contributed by atoms with Gasteiger partial charge in [-0.25, -0.2) is 4.79 Å². The van der Waals surface area contributed by atoms with Gasteiger partial charge in [0, 0.05) is 6.07 Å². The van der Waals surface area contributed by atoms with E-state index in [1.807, 2.05) is 18.2 Å². The van der Waals surface area contributed by atoms with Crippen molar-refractivity contribution in [2.75, 3.05) is 4.31 Å². The third kappa shape index (κ3) is 4.25. The summed E-state index contributed by atoms with van der Waals surface area (Å²) in [4.78, 5) is 11.0. The second-order valence-corrected chi connectivity index (χ2v) is 6.23. The van der Waals surface area contributed by atoms with Crippen molar-refractivity contribution in [3.63, 3.8) is 0 Å². The molecule has 0 aliphatic carbocycles. The number of hydrogen-bond donors (Lipinski definition) is 2. The van der Waals surface area contributed by atoms with E-state index < -0.39 is 23.0 Å². The molecule has 3 aromatic carbocycles. The maximum Gasteiger partial charge on any atom is 0.339 e. The zero-order valence-electron chi connectivity index (χ0n) is 13.8. The number of aromatic carboxylic acids is 1. The van der Waals surface area contributed by atoms with Crippen molar-refractivity contribution in [3.05, 3.63) is 78.4 Å². The number of rotatable bonds is 6. The molecule has 3 rings (SSSR count). The summed E-state index contributed by atoms with van der Waals surface area (Å²) in [5, 5.41) is 18.8. The lowest BCUT2D eigenvalue weighted by atomic mass is 10.1. The van der Waals surface area contributed by atoms with Gasteiger partial charge in [0.15, 0.2) is 0 Å². The molecule has 0 spiro atoms. The lowest BCUT2D eigenvalue weighted by Crippen LogP contribution is -2.19.